The van der Waals surface area contributed by atoms with Crippen LogP contribution in [0.4, 0.5) is 24.5 Å². The molecule has 1 atom stereocenters. The number of fused-ring (bicyclic) bond motifs is 1. The summed E-state index contributed by atoms with van der Waals surface area (Å²) >= 11 is 0. The molecule has 10 nitrogen and oxygen atoms in total. The van der Waals surface area contributed by atoms with Crippen LogP contribution in [0.15, 0.2) is 59.1 Å². The topological polar surface area (TPSA) is 148 Å². The Morgan fingerprint density at radius 3 is 2.43 bits per heavy atom. The zero-order valence-corrected chi connectivity index (χ0v) is 25.1. The van der Waals surface area contributed by atoms with Crippen LogP contribution in [0.1, 0.15) is 58.6 Å². The van der Waals surface area contributed by atoms with Crippen LogP contribution in [0.25, 0.3) is 10.9 Å². The zero-order chi connectivity index (χ0) is 32.4. The van der Waals surface area contributed by atoms with Gasteiger partial charge in [0.2, 0.25) is 0 Å². The molecule has 4 N–H and O–H groups in total. The Balaban J connectivity index is 1.83. The van der Waals surface area contributed by atoms with Crippen LogP contribution >= 0.6 is 0 Å². The minimum atomic E-state index is -4.46. The number of nitriles is 3. The van der Waals surface area contributed by atoms with E-state index in [2.05, 4.69) is 50.3 Å². The lowest BCUT2D eigenvalue weighted by Gasteiger charge is -2.28. The third-order valence-electron chi connectivity index (χ3n) is 7.42. The van der Waals surface area contributed by atoms with E-state index in [1.165, 1.54) is 18.5 Å². The number of anilines is 2. The summed E-state index contributed by atoms with van der Waals surface area (Å²) in [5, 5.41) is 37.4. The van der Waals surface area contributed by atoms with Crippen LogP contribution in [-0.2, 0) is 0 Å². The molecule has 2 heterocycles. The molecular formula is C31H33F3N10. The number of aromatic nitrogens is 1. The molecule has 44 heavy (non-hydrogen) atoms. The minimum absolute atomic E-state index is 0.0594. The first-order chi connectivity index (χ1) is 20.7. The smallest absolute Gasteiger partial charge is 0.383 e. The highest BCUT2D eigenvalue weighted by atomic mass is 19.4. The number of aliphatic imine (C=N–C) groups is 1. The number of hydrogen-bond donors (Lipinski definition) is 4. The summed E-state index contributed by atoms with van der Waals surface area (Å²) in [6.07, 6.45) is -0.284. The van der Waals surface area contributed by atoms with Crippen molar-refractivity contribution in [2.24, 2.45) is 10.4 Å². The third kappa shape index (κ3) is 6.31. The number of allylic oxidation sites excluding steroid dienone is 2. The maximum Gasteiger partial charge on any atom is 0.413 e. The molecule has 13 heteroatoms. The highest BCUT2D eigenvalue weighted by Gasteiger charge is 2.67. The van der Waals surface area contributed by atoms with Gasteiger partial charge in [0.05, 0.1) is 34.1 Å². The van der Waals surface area contributed by atoms with Gasteiger partial charge < -0.3 is 16.1 Å². The maximum atomic E-state index is 13.9. The van der Waals surface area contributed by atoms with Crippen molar-refractivity contribution in [2.45, 2.75) is 65.2 Å². The van der Waals surface area contributed by atoms with E-state index in [0.717, 1.165) is 5.01 Å². The lowest BCUT2D eigenvalue weighted by molar-refractivity contribution is -0.195. The summed E-state index contributed by atoms with van der Waals surface area (Å²) in [6, 6.07) is 8.73. The van der Waals surface area contributed by atoms with E-state index in [4.69, 9.17) is 0 Å². The molecule has 1 aromatic carbocycles. The average Bonchev–Trinajstić information content (AvgIpc) is 3.67. The van der Waals surface area contributed by atoms with Gasteiger partial charge >= 0.3 is 6.18 Å². The lowest BCUT2D eigenvalue weighted by Crippen LogP contribution is -2.52. The molecule has 0 spiro atoms. The van der Waals surface area contributed by atoms with Gasteiger partial charge in [-0.3, -0.25) is 9.99 Å². The summed E-state index contributed by atoms with van der Waals surface area (Å²) < 4.78 is 41.7. The van der Waals surface area contributed by atoms with Crippen molar-refractivity contribution in [3.63, 3.8) is 0 Å². The van der Waals surface area contributed by atoms with Crippen LogP contribution in [0, 0.1) is 39.4 Å². The lowest BCUT2D eigenvalue weighted by atomic mass is 9.96. The van der Waals surface area contributed by atoms with E-state index in [9.17, 15) is 29.0 Å². The predicted octanol–water partition coefficient (Wildman–Crippen LogP) is 5.92. The number of hydrogen-bond acceptors (Lipinski definition) is 10. The van der Waals surface area contributed by atoms with Crippen molar-refractivity contribution in [1.29, 1.82) is 15.8 Å². The van der Waals surface area contributed by atoms with E-state index < -0.39 is 17.8 Å². The molecule has 0 amide bonds. The molecule has 228 valence electrons. The number of nitrogens with one attached hydrogen (secondary N) is 4. The van der Waals surface area contributed by atoms with Crippen LogP contribution in [-0.4, -0.2) is 40.0 Å². The number of halogens is 3. The molecule has 1 aliphatic carbocycles. The van der Waals surface area contributed by atoms with Crippen LogP contribution in [0.2, 0.25) is 0 Å². The van der Waals surface area contributed by atoms with Crippen molar-refractivity contribution >= 4 is 28.0 Å². The van der Waals surface area contributed by atoms with Gasteiger partial charge in [-0.25, -0.2) is 4.99 Å². The average molecular weight is 603 g/mol. The monoisotopic (exact) mass is 602 g/mol. The van der Waals surface area contributed by atoms with Crippen LogP contribution < -0.4 is 21.6 Å². The summed E-state index contributed by atoms with van der Waals surface area (Å²) in [4.78, 5) is 8.71. The third-order valence-corrected chi connectivity index (χ3v) is 7.42. The van der Waals surface area contributed by atoms with Gasteiger partial charge in [0.25, 0.3) is 0 Å². The van der Waals surface area contributed by atoms with Crippen molar-refractivity contribution in [3.05, 3.63) is 65.3 Å². The second-order valence-electron chi connectivity index (χ2n) is 11.9. The number of nitrogens with zero attached hydrogens (tertiary/aromatic N) is 6. The van der Waals surface area contributed by atoms with Gasteiger partial charge in [-0.15, -0.1) is 5.53 Å². The fraction of sp³-hybridized carbons (Fsp3) is 0.387. The quantitative estimate of drug-likeness (QED) is 0.203. The number of pyridine rings is 1. The Bertz CT molecular complexity index is 1700. The Morgan fingerprint density at radius 2 is 1.89 bits per heavy atom. The molecule has 0 unspecified atom stereocenters. The van der Waals surface area contributed by atoms with Gasteiger partial charge in [-0.2, -0.15) is 29.0 Å². The van der Waals surface area contributed by atoms with Gasteiger partial charge in [-0.1, -0.05) is 33.4 Å². The summed E-state index contributed by atoms with van der Waals surface area (Å²) in [5.74, 6) is 0. The summed E-state index contributed by atoms with van der Waals surface area (Å²) in [5.41, 5.74) is 6.36. The molecule has 2 aromatic rings. The standard InChI is InChI=1S/C31H33F3N10/c1-7-22(14-37)40-19(3)18(2)26(25-16-44(43-42-25)30(8-9-30)31(32,33)34)41-23-10-20(12-35)27-24(11-23)28(21(13-36)15-38-27)39-17-29(4,5)6/h7,10-11,15-16,26,41-43H,2,8-9,17H2,1,3-6H3,(H,38,39)/b22-7-,40-19?/t26-/m0/s1. The van der Waals surface area contributed by atoms with Crippen molar-refractivity contribution in [1.82, 2.24) is 21.0 Å². The fourth-order valence-corrected chi connectivity index (χ4v) is 4.72. The van der Waals surface area contributed by atoms with Gasteiger partial charge in [0.1, 0.15) is 23.9 Å². The second-order valence-corrected chi connectivity index (χ2v) is 11.9. The summed E-state index contributed by atoms with van der Waals surface area (Å²) in [6.45, 7) is 14.1. The van der Waals surface area contributed by atoms with Gasteiger partial charge in [0, 0.05) is 35.7 Å². The normalized spacial score (nSPS) is 17.1. The largest absolute Gasteiger partial charge is 0.413 e. The molecule has 1 saturated carbocycles. The SMILES string of the molecule is C=C(C(C)=N/C(C#N)=C\C)[C@H](Nc1cc(C#N)c2ncc(C#N)c(NCC(C)(C)C)c2c1)C1=CN(C2(C(F)(F)F)CC2)NN1. The highest BCUT2D eigenvalue weighted by molar-refractivity contribution is 6.02. The van der Waals surface area contributed by atoms with Crippen molar-refractivity contribution in [2.75, 3.05) is 17.2 Å². The first kappa shape index (κ1) is 31.9. The Morgan fingerprint density at radius 1 is 1.20 bits per heavy atom. The molecule has 0 bridgehead atoms. The van der Waals surface area contributed by atoms with Crippen LogP contribution in [0.5, 0.6) is 0 Å². The molecular weight excluding hydrogens is 569 g/mol. The Kier molecular flexibility index (Phi) is 8.62. The molecule has 1 aliphatic heterocycles. The summed E-state index contributed by atoms with van der Waals surface area (Å²) in [7, 11) is 0. The first-order valence-electron chi connectivity index (χ1n) is 13.9. The van der Waals surface area contributed by atoms with Crippen molar-refractivity contribution < 1.29 is 13.2 Å². The number of rotatable bonds is 9. The van der Waals surface area contributed by atoms with E-state index in [-0.39, 0.29) is 29.5 Å². The highest BCUT2D eigenvalue weighted by Crippen LogP contribution is 2.53. The minimum Gasteiger partial charge on any atom is -0.383 e. The van der Waals surface area contributed by atoms with Gasteiger partial charge in [-0.05, 0) is 49.8 Å². The predicted molar refractivity (Wildman–Crippen MR) is 162 cm³/mol. The van der Waals surface area contributed by atoms with E-state index in [1.54, 1.807) is 26.0 Å². The van der Waals surface area contributed by atoms with E-state index >= 15 is 0 Å². The van der Waals surface area contributed by atoms with Gasteiger partial charge in [0.15, 0.2) is 5.54 Å². The Hall–Kier alpha value is -5.06. The second kappa shape index (κ2) is 11.9. The molecule has 2 aliphatic rings. The maximum absolute atomic E-state index is 13.9. The molecule has 1 fully saturated rings. The first-order valence-corrected chi connectivity index (χ1v) is 13.9. The van der Waals surface area contributed by atoms with E-state index in [0.29, 0.717) is 51.4 Å². The van der Waals surface area contributed by atoms with E-state index in [1.807, 2.05) is 26.8 Å². The number of hydrazine groups is 2. The number of alkyl halides is 3. The molecule has 0 saturated heterocycles. The Labute approximate surface area is 254 Å². The van der Waals surface area contributed by atoms with Crippen LogP contribution in [0.3, 0.4) is 0 Å². The molecule has 1 aromatic heterocycles. The fourth-order valence-electron chi connectivity index (χ4n) is 4.72. The number of benzene rings is 1. The molecule has 4 rings (SSSR count). The molecule has 0 radical (unpaired) electrons. The van der Waals surface area contributed by atoms with Crippen molar-refractivity contribution in [3.8, 4) is 18.2 Å². The zero-order valence-electron chi connectivity index (χ0n) is 25.1.